The van der Waals surface area contributed by atoms with Crippen LogP contribution >= 0.6 is 0 Å². The smallest absolute Gasteiger partial charge is 0.250 e. The van der Waals surface area contributed by atoms with Gasteiger partial charge in [0.25, 0.3) is 5.56 Å². The molecule has 5 rings (SSSR count). The third-order valence-electron chi connectivity index (χ3n) is 6.02. The minimum atomic E-state index is 0.159. The molecule has 3 heterocycles. The maximum absolute atomic E-state index is 12.2. The lowest BCUT2D eigenvalue weighted by molar-refractivity contribution is 0.114. The monoisotopic (exact) mass is 356 g/mol. The number of pyridine rings is 1. The Labute approximate surface area is 159 Å². The molecule has 2 bridgehead atoms. The van der Waals surface area contributed by atoms with Crippen molar-refractivity contribution < 1.29 is 0 Å². The van der Waals surface area contributed by atoms with Crippen molar-refractivity contribution in [3.8, 4) is 11.1 Å². The first kappa shape index (κ1) is 16.5. The summed E-state index contributed by atoms with van der Waals surface area (Å²) in [5, 5.41) is 0. The number of aromatic nitrogens is 1. The van der Waals surface area contributed by atoms with E-state index in [1.165, 1.54) is 28.8 Å². The number of benzene rings is 2. The minimum Gasteiger partial charge on any atom is -0.312 e. The van der Waals surface area contributed by atoms with E-state index in [1.807, 2.05) is 10.6 Å². The van der Waals surface area contributed by atoms with Gasteiger partial charge in [-0.05, 0) is 35.1 Å². The van der Waals surface area contributed by atoms with Crippen LogP contribution in [0.1, 0.15) is 23.6 Å². The predicted octanol–water partition coefficient (Wildman–Crippen LogP) is 4.13. The summed E-state index contributed by atoms with van der Waals surface area (Å²) in [4.78, 5) is 14.7. The van der Waals surface area contributed by atoms with E-state index in [9.17, 15) is 4.79 Å². The molecule has 3 heteroatoms. The normalized spacial score (nSPS) is 21.6. The summed E-state index contributed by atoms with van der Waals surface area (Å²) in [5.41, 5.74) is 5.27. The summed E-state index contributed by atoms with van der Waals surface area (Å²) in [5.74, 6) is 1.06. The van der Waals surface area contributed by atoms with Gasteiger partial charge in [-0.15, -0.1) is 0 Å². The number of rotatable bonds is 3. The van der Waals surface area contributed by atoms with Crippen molar-refractivity contribution in [1.82, 2.24) is 9.47 Å². The zero-order valence-corrected chi connectivity index (χ0v) is 15.4. The van der Waals surface area contributed by atoms with Gasteiger partial charge in [-0.3, -0.25) is 9.69 Å². The SMILES string of the molecule is O=c1cccc2n1CC1CC2CN(Cc2ccc(-c3ccccc3)cc2)C1. The molecule has 2 aromatic carbocycles. The molecular weight excluding hydrogens is 332 g/mol. The number of hydrogen-bond acceptors (Lipinski definition) is 2. The second-order valence-electron chi connectivity index (χ2n) is 7.96. The van der Waals surface area contributed by atoms with Crippen LogP contribution in [0.3, 0.4) is 0 Å². The summed E-state index contributed by atoms with van der Waals surface area (Å²) < 4.78 is 2.00. The number of nitrogens with zero attached hydrogens (tertiary/aromatic N) is 2. The molecule has 2 unspecified atom stereocenters. The number of likely N-dealkylation sites (tertiary alicyclic amines) is 1. The van der Waals surface area contributed by atoms with Crippen molar-refractivity contribution in [2.45, 2.75) is 25.4 Å². The van der Waals surface area contributed by atoms with Gasteiger partial charge in [0, 0.05) is 43.9 Å². The Morgan fingerprint density at radius 2 is 1.56 bits per heavy atom. The molecule has 3 nitrogen and oxygen atoms in total. The fourth-order valence-electron chi connectivity index (χ4n) is 4.82. The second-order valence-corrected chi connectivity index (χ2v) is 7.96. The minimum absolute atomic E-state index is 0.159. The first-order chi connectivity index (χ1) is 13.3. The van der Waals surface area contributed by atoms with Gasteiger partial charge in [0.15, 0.2) is 0 Å². The van der Waals surface area contributed by atoms with E-state index in [0.29, 0.717) is 11.8 Å². The van der Waals surface area contributed by atoms with Crippen molar-refractivity contribution in [3.63, 3.8) is 0 Å². The van der Waals surface area contributed by atoms with E-state index >= 15 is 0 Å². The Balaban J connectivity index is 1.32. The van der Waals surface area contributed by atoms with Gasteiger partial charge in [-0.25, -0.2) is 0 Å². The van der Waals surface area contributed by atoms with Crippen molar-refractivity contribution in [3.05, 3.63) is 94.4 Å². The molecule has 1 saturated heterocycles. The van der Waals surface area contributed by atoms with Crippen LogP contribution < -0.4 is 5.56 Å². The van der Waals surface area contributed by atoms with Crippen molar-refractivity contribution in [2.24, 2.45) is 5.92 Å². The highest BCUT2D eigenvalue weighted by Gasteiger charge is 2.34. The highest BCUT2D eigenvalue weighted by atomic mass is 16.1. The maximum Gasteiger partial charge on any atom is 0.250 e. The molecule has 0 aliphatic carbocycles. The molecule has 0 radical (unpaired) electrons. The van der Waals surface area contributed by atoms with Crippen LogP contribution in [0.5, 0.6) is 0 Å². The second kappa shape index (κ2) is 6.82. The molecule has 27 heavy (non-hydrogen) atoms. The summed E-state index contributed by atoms with van der Waals surface area (Å²) in [6, 6.07) is 25.2. The molecule has 1 fully saturated rings. The lowest BCUT2D eigenvalue weighted by Crippen LogP contribution is -2.46. The fraction of sp³-hybridized carbons (Fsp3) is 0.292. The molecule has 3 aromatic rings. The number of piperidine rings is 1. The Bertz CT molecular complexity index is 991. The van der Waals surface area contributed by atoms with Crippen LogP contribution in [0.4, 0.5) is 0 Å². The maximum atomic E-state index is 12.2. The van der Waals surface area contributed by atoms with Crippen LogP contribution in [-0.2, 0) is 13.1 Å². The van der Waals surface area contributed by atoms with Gasteiger partial charge >= 0.3 is 0 Å². The van der Waals surface area contributed by atoms with E-state index in [4.69, 9.17) is 0 Å². The third kappa shape index (κ3) is 3.24. The van der Waals surface area contributed by atoms with Crippen LogP contribution in [0.25, 0.3) is 11.1 Å². The van der Waals surface area contributed by atoms with Crippen LogP contribution in [0.15, 0.2) is 77.6 Å². The van der Waals surface area contributed by atoms with Gasteiger partial charge in [0.2, 0.25) is 0 Å². The molecule has 0 spiro atoms. The lowest BCUT2D eigenvalue weighted by Gasteiger charge is -2.42. The third-order valence-corrected chi connectivity index (χ3v) is 6.02. The quantitative estimate of drug-likeness (QED) is 0.705. The Kier molecular flexibility index (Phi) is 4.17. The lowest BCUT2D eigenvalue weighted by atomic mass is 9.83. The van der Waals surface area contributed by atoms with Gasteiger partial charge in [-0.2, -0.15) is 0 Å². The van der Waals surface area contributed by atoms with Crippen LogP contribution in [0, 0.1) is 5.92 Å². The van der Waals surface area contributed by atoms with Crippen LogP contribution in [0.2, 0.25) is 0 Å². The zero-order chi connectivity index (χ0) is 18.2. The van der Waals surface area contributed by atoms with Crippen molar-refractivity contribution in [1.29, 1.82) is 0 Å². The molecule has 0 amide bonds. The van der Waals surface area contributed by atoms with E-state index in [-0.39, 0.29) is 5.56 Å². The molecule has 2 atom stereocenters. The largest absolute Gasteiger partial charge is 0.312 e. The standard InChI is InChI=1S/C24H24N2O/c27-24-8-4-7-23-22-13-19(16-26(23)24)15-25(17-22)14-18-9-11-21(12-10-18)20-5-2-1-3-6-20/h1-12,19,22H,13-17H2. The Morgan fingerprint density at radius 3 is 2.37 bits per heavy atom. The number of fused-ring (bicyclic) bond motifs is 4. The van der Waals surface area contributed by atoms with E-state index in [1.54, 1.807) is 6.07 Å². The van der Waals surface area contributed by atoms with Crippen LogP contribution in [-0.4, -0.2) is 22.6 Å². The Hall–Kier alpha value is -2.65. The average molecular weight is 356 g/mol. The summed E-state index contributed by atoms with van der Waals surface area (Å²) in [6.07, 6.45) is 1.22. The van der Waals surface area contributed by atoms with Crippen molar-refractivity contribution >= 4 is 0 Å². The molecule has 136 valence electrons. The van der Waals surface area contributed by atoms with Gasteiger partial charge < -0.3 is 4.57 Å². The highest BCUT2D eigenvalue weighted by Crippen LogP contribution is 2.35. The molecule has 2 aliphatic rings. The first-order valence-corrected chi connectivity index (χ1v) is 9.83. The topological polar surface area (TPSA) is 25.2 Å². The molecule has 0 saturated carbocycles. The van der Waals surface area contributed by atoms with Crippen molar-refractivity contribution in [2.75, 3.05) is 13.1 Å². The molecular formula is C24H24N2O. The molecule has 0 N–H and O–H groups in total. The van der Waals surface area contributed by atoms with E-state index < -0.39 is 0 Å². The van der Waals surface area contributed by atoms with Gasteiger partial charge in [-0.1, -0.05) is 60.7 Å². The fourth-order valence-corrected chi connectivity index (χ4v) is 4.82. The average Bonchev–Trinajstić information content (AvgIpc) is 2.70. The summed E-state index contributed by atoms with van der Waals surface area (Å²) in [6.45, 7) is 3.98. The zero-order valence-electron chi connectivity index (χ0n) is 15.4. The first-order valence-electron chi connectivity index (χ1n) is 9.83. The van der Waals surface area contributed by atoms with E-state index in [0.717, 1.165) is 26.2 Å². The van der Waals surface area contributed by atoms with Gasteiger partial charge in [0.05, 0.1) is 0 Å². The highest BCUT2D eigenvalue weighted by molar-refractivity contribution is 5.63. The summed E-state index contributed by atoms with van der Waals surface area (Å²) in [7, 11) is 0. The Morgan fingerprint density at radius 1 is 0.778 bits per heavy atom. The number of hydrogen-bond donors (Lipinski definition) is 0. The molecule has 2 aliphatic heterocycles. The predicted molar refractivity (Wildman–Crippen MR) is 109 cm³/mol. The van der Waals surface area contributed by atoms with E-state index in [2.05, 4.69) is 65.6 Å². The van der Waals surface area contributed by atoms with Gasteiger partial charge in [0.1, 0.15) is 0 Å². The summed E-state index contributed by atoms with van der Waals surface area (Å²) >= 11 is 0. The molecule has 1 aromatic heterocycles.